The molecule has 0 aliphatic rings. The van der Waals surface area contributed by atoms with Gasteiger partial charge in [-0.1, -0.05) is 47.9 Å². The van der Waals surface area contributed by atoms with Crippen molar-refractivity contribution in [3.05, 3.63) is 41.3 Å². The zero-order chi connectivity index (χ0) is 8.10. The third-order valence-electron chi connectivity index (χ3n) is 1.18. The number of rotatable bonds is 1. The smallest absolute Gasteiger partial charge is 0.0962 e. The molecule has 0 aromatic heterocycles. The Labute approximate surface area is 85.1 Å². The van der Waals surface area contributed by atoms with E-state index in [1.165, 1.54) is 0 Å². The molecule has 0 saturated carbocycles. The van der Waals surface area contributed by atoms with Crippen molar-refractivity contribution in [2.45, 2.75) is 0 Å². The van der Waals surface area contributed by atoms with Crippen LogP contribution in [0.3, 0.4) is 0 Å². The summed E-state index contributed by atoms with van der Waals surface area (Å²) >= 11 is 7.81. The lowest BCUT2D eigenvalue weighted by atomic mass is 10.2. The lowest BCUT2D eigenvalue weighted by Crippen LogP contribution is -1.84. The summed E-state index contributed by atoms with van der Waals surface area (Å²) in [4.78, 5) is 0. The first-order valence-corrected chi connectivity index (χ1v) is 4.50. The molecule has 1 rings (SSSR count). The second kappa shape index (κ2) is 4.63. The highest BCUT2D eigenvalue weighted by Crippen LogP contribution is 2.17. The molecule has 1 radical (unpaired) electrons. The largest absolute Gasteiger partial charge is 0.165 e. The Balaban J connectivity index is 2.82. The molecule has 0 aliphatic heterocycles. The van der Waals surface area contributed by atoms with E-state index in [2.05, 4.69) is 9.85 Å². The van der Waals surface area contributed by atoms with Crippen LogP contribution in [0.1, 0.15) is 5.56 Å². The van der Waals surface area contributed by atoms with Gasteiger partial charge in [0.25, 0.3) is 0 Å². The topological polar surface area (TPSA) is 0 Å². The average Bonchev–Trinajstić information content (AvgIpc) is 2.07. The minimum absolute atomic E-state index is 0.597. The molecule has 1 aromatic rings. The normalized spacial score (nSPS) is 9.00. The van der Waals surface area contributed by atoms with Crippen LogP contribution < -0.4 is 0 Å². The van der Waals surface area contributed by atoms with Gasteiger partial charge in [0.1, 0.15) is 0 Å². The molecule has 0 fully saturated rings. The summed E-state index contributed by atoms with van der Waals surface area (Å²) in [6.07, 6.45) is 0. The van der Waals surface area contributed by atoms with Gasteiger partial charge in [-0.25, -0.2) is 0 Å². The molecule has 1 aromatic carbocycles. The average molecular weight is 275 g/mol. The van der Waals surface area contributed by atoms with Crippen LogP contribution in [-0.4, -0.2) is 0 Å². The summed E-state index contributed by atoms with van der Waals surface area (Å²) in [6, 6.07) is 9.69. The summed E-state index contributed by atoms with van der Waals surface area (Å²) in [6.45, 7) is 0. The van der Waals surface area contributed by atoms with E-state index in [0.717, 1.165) is 5.56 Å². The van der Waals surface area contributed by atoms with Gasteiger partial charge in [-0.2, -0.15) is 0 Å². The van der Waals surface area contributed by atoms with Crippen LogP contribution in [0.5, 0.6) is 0 Å². The van der Waals surface area contributed by atoms with Gasteiger partial charge in [0.05, 0.1) is 0 Å². The van der Waals surface area contributed by atoms with E-state index in [-0.39, 0.29) is 0 Å². The Hall–Kier alpha value is -0.200. The van der Waals surface area contributed by atoms with Crippen molar-refractivity contribution in [3.8, 4) is 9.85 Å². The lowest BCUT2D eigenvalue weighted by Gasteiger charge is -1.97. The number of halogens is 2. The zero-order valence-corrected chi connectivity index (χ0v) is 8.56. The van der Waals surface area contributed by atoms with Crippen molar-refractivity contribution in [3.63, 3.8) is 0 Å². The fraction of sp³-hybridized carbons (Fsp3) is 0. The summed E-state index contributed by atoms with van der Waals surface area (Å²) < 4.78 is 2.72. The number of benzene rings is 1. The van der Waals surface area contributed by atoms with E-state index in [1.54, 1.807) is 0 Å². The molecular weight excluding hydrogens is 270 g/mol. The molecule has 0 bridgehead atoms. The Bertz CT molecular complexity index is 271. The third-order valence-corrected chi connectivity index (χ3v) is 1.77. The van der Waals surface area contributed by atoms with Gasteiger partial charge in [0.15, 0.2) is 5.38 Å². The van der Waals surface area contributed by atoms with E-state index in [4.69, 9.17) is 11.6 Å². The van der Waals surface area contributed by atoms with Crippen molar-refractivity contribution in [1.82, 2.24) is 0 Å². The predicted molar refractivity (Wildman–Crippen MR) is 56.4 cm³/mol. The van der Waals surface area contributed by atoms with Gasteiger partial charge in [0, 0.05) is 22.6 Å². The van der Waals surface area contributed by atoms with Crippen molar-refractivity contribution in [2.24, 2.45) is 0 Å². The molecule has 0 N–H and O–H groups in total. The van der Waals surface area contributed by atoms with Crippen LogP contribution in [0.2, 0.25) is 0 Å². The maximum Gasteiger partial charge on any atom is 0.165 e. The highest BCUT2D eigenvalue weighted by molar-refractivity contribution is 14.1. The molecular formula is C9H5ClI. The van der Waals surface area contributed by atoms with E-state index >= 15 is 0 Å². The third kappa shape index (κ3) is 2.72. The maximum absolute atomic E-state index is 5.84. The van der Waals surface area contributed by atoms with E-state index in [0.29, 0.717) is 5.38 Å². The molecule has 0 aliphatic carbocycles. The second-order valence-corrected chi connectivity index (χ2v) is 2.82. The van der Waals surface area contributed by atoms with Gasteiger partial charge in [-0.3, -0.25) is 0 Å². The van der Waals surface area contributed by atoms with Crippen molar-refractivity contribution < 1.29 is 0 Å². The Morgan fingerprint density at radius 3 is 2.45 bits per heavy atom. The summed E-state index contributed by atoms with van der Waals surface area (Å²) in [5.74, 6) is 2.78. The molecule has 0 unspecified atom stereocenters. The number of hydrogen-bond acceptors (Lipinski definition) is 0. The fourth-order valence-corrected chi connectivity index (χ4v) is 1.30. The quantitative estimate of drug-likeness (QED) is 0.545. The Morgan fingerprint density at radius 1 is 1.27 bits per heavy atom. The molecule has 0 nitrogen and oxygen atoms in total. The van der Waals surface area contributed by atoms with Gasteiger partial charge in [-0.05, 0) is 9.49 Å². The SMILES string of the molecule is Cl[C](C#CI)c1ccccc1. The Kier molecular flexibility index (Phi) is 3.74. The first-order chi connectivity index (χ1) is 5.34. The van der Waals surface area contributed by atoms with Crippen LogP contribution in [0, 0.1) is 15.2 Å². The summed E-state index contributed by atoms with van der Waals surface area (Å²) in [5.41, 5.74) is 0.971. The molecule has 0 spiro atoms. The van der Waals surface area contributed by atoms with Crippen molar-refractivity contribution >= 4 is 34.2 Å². The second-order valence-electron chi connectivity index (χ2n) is 1.90. The standard InChI is InChI=1S/C9H5ClI/c10-9(6-7-11)8-4-2-1-3-5-8/h1-5H. The van der Waals surface area contributed by atoms with Crippen molar-refractivity contribution in [1.29, 1.82) is 0 Å². The van der Waals surface area contributed by atoms with Crippen LogP contribution in [0.25, 0.3) is 0 Å². The molecule has 2 heteroatoms. The maximum atomic E-state index is 5.84. The Morgan fingerprint density at radius 2 is 1.91 bits per heavy atom. The summed E-state index contributed by atoms with van der Waals surface area (Å²) in [5, 5.41) is 0.597. The predicted octanol–water partition coefficient (Wildman–Crippen LogP) is 3.20. The highest BCUT2D eigenvalue weighted by Gasteiger charge is 2.02. The van der Waals surface area contributed by atoms with Crippen LogP contribution in [-0.2, 0) is 0 Å². The number of hydrogen-bond donors (Lipinski definition) is 0. The van der Waals surface area contributed by atoms with E-state index < -0.39 is 0 Å². The van der Waals surface area contributed by atoms with Gasteiger partial charge in [-0.15, -0.1) is 0 Å². The first kappa shape index (κ1) is 8.89. The highest BCUT2D eigenvalue weighted by atomic mass is 127. The minimum Gasteiger partial charge on any atom is -0.0962 e. The molecule has 55 valence electrons. The molecule has 0 amide bonds. The first-order valence-electron chi connectivity index (χ1n) is 3.04. The minimum atomic E-state index is 0.597. The molecule has 11 heavy (non-hydrogen) atoms. The van der Waals surface area contributed by atoms with Gasteiger partial charge >= 0.3 is 0 Å². The lowest BCUT2D eigenvalue weighted by molar-refractivity contribution is 1.51. The van der Waals surface area contributed by atoms with E-state index in [9.17, 15) is 0 Å². The van der Waals surface area contributed by atoms with E-state index in [1.807, 2.05) is 52.9 Å². The van der Waals surface area contributed by atoms with Crippen molar-refractivity contribution in [2.75, 3.05) is 0 Å². The van der Waals surface area contributed by atoms with Crippen LogP contribution in [0.4, 0.5) is 0 Å². The van der Waals surface area contributed by atoms with Crippen LogP contribution in [0.15, 0.2) is 30.3 Å². The zero-order valence-electron chi connectivity index (χ0n) is 5.64. The fourth-order valence-electron chi connectivity index (χ4n) is 0.698. The van der Waals surface area contributed by atoms with Gasteiger partial charge in [0.2, 0.25) is 0 Å². The molecule has 0 saturated heterocycles. The monoisotopic (exact) mass is 275 g/mol. The molecule has 0 heterocycles. The van der Waals surface area contributed by atoms with Gasteiger partial charge < -0.3 is 0 Å². The van der Waals surface area contributed by atoms with Crippen LogP contribution >= 0.6 is 34.2 Å². The molecule has 0 atom stereocenters. The summed E-state index contributed by atoms with van der Waals surface area (Å²) in [7, 11) is 0.